The third kappa shape index (κ3) is 6.31. The number of likely N-dealkylation sites (tertiary alicyclic amines) is 1. The Balaban J connectivity index is 1.45. The monoisotopic (exact) mass is 424 g/mol. The number of rotatable bonds is 7. The molecule has 7 heteroatoms. The normalized spacial score (nSPS) is 18.2. The summed E-state index contributed by atoms with van der Waals surface area (Å²) >= 11 is 0. The minimum atomic E-state index is -0.609. The van der Waals surface area contributed by atoms with Crippen LogP contribution in [0.1, 0.15) is 43.5 Å². The molecule has 1 N–H and O–H groups in total. The number of hydrogen-bond acceptors (Lipinski definition) is 5. The summed E-state index contributed by atoms with van der Waals surface area (Å²) in [6.45, 7) is 3.70. The van der Waals surface area contributed by atoms with E-state index in [0.29, 0.717) is 17.0 Å². The molecule has 31 heavy (non-hydrogen) atoms. The van der Waals surface area contributed by atoms with Gasteiger partial charge in [-0.2, -0.15) is 0 Å². The number of para-hydroxylation sites is 1. The number of piperidine rings is 1. The highest BCUT2D eigenvalue weighted by Gasteiger charge is 2.29. The molecular weight excluding hydrogens is 396 g/mol. The summed E-state index contributed by atoms with van der Waals surface area (Å²) in [6, 6.07) is 15.7. The highest BCUT2D eigenvalue weighted by atomic mass is 16.5. The first kappa shape index (κ1) is 22.3. The third-order valence-corrected chi connectivity index (χ3v) is 5.33. The second kappa shape index (κ2) is 10.6. The van der Waals surface area contributed by atoms with E-state index in [9.17, 15) is 14.4 Å². The van der Waals surface area contributed by atoms with Crippen LogP contribution in [0.5, 0.6) is 5.75 Å². The summed E-state index contributed by atoms with van der Waals surface area (Å²) < 4.78 is 10.7. The van der Waals surface area contributed by atoms with Crippen molar-refractivity contribution in [3.8, 4) is 5.75 Å². The number of carbonyl (C=O) groups excluding carboxylic acids is 3. The van der Waals surface area contributed by atoms with E-state index in [-0.39, 0.29) is 31.2 Å². The van der Waals surface area contributed by atoms with Gasteiger partial charge in [0.05, 0.1) is 5.56 Å². The van der Waals surface area contributed by atoms with Gasteiger partial charge >= 0.3 is 5.97 Å². The number of benzene rings is 2. The molecule has 1 aliphatic rings. The molecule has 0 spiro atoms. The van der Waals surface area contributed by atoms with Crippen LogP contribution < -0.4 is 10.1 Å². The Hall–Kier alpha value is -3.35. The van der Waals surface area contributed by atoms with E-state index < -0.39 is 11.9 Å². The van der Waals surface area contributed by atoms with Gasteiger partial charge in [0.2, 0.25) is 0 Å². The first-order valence-corrected chi connectivity index (χ1v) is 10.5. The van der Waals surface area contributed by atoms with Crippen LogP contribution >= 0.6 is 0 Å². The highest BCUT2D eigenvalue weighted by Crippen LogP contribution is 2.23. The van der Waals surface area contributed by atoms with Gasteiger partial charge in [0.1, 0.15) is 5.75 Å². The number of hydrogen-bond donors (Lipinski definition) is 1. The summed E-state index contributed by atoms with van der Waals surface area (Å²) in [7, 11) is 0. The quantitative estimate of drug-likeness (QED) is 0.686. The number of ether oxygens (including phenoxy) is 2. The van der Waals surface area contributed by atoms with E-state index in [4.69, 9.17) is 9.47 Å². The third-order valence-electron chi connectivity index (χ3n) is 5.33. The van der Waals surface area contributed by atoms with Gasteiger partial charge in [-0.1, -0.05) is 18.2 Å². The SMILES string of the molecule is C[C@H]1CCC[C@H](C)N1C(=O)COc1ccc(C(=O)OCC(=O)Nc2ccccc2)cc1. The lowest BCUT2D eigenvalue weighted by molar-refractivity contribution is -0.139. The largest absolute Gasteiger partial charge is 0.484 e. The molecule has 1 saturated heterocycles. The minimum Gasteiger partial charge on any atom is -0.484 e. The molecule has 2 aromatic rings. The first-order valence-electron chi connectivity index (χ1n) is 10.5. The van der Waals surface area contributed by atoms with Gasteiger partial charge in [0.15, 0.2) is 13.2 Å². The van der Waals surface area contributed by atoms with E-state index in [1.165, 1.54) is 0 Å². The second-order valence-corrected chi connectivity index (χ2v) is 7.73. The Bertz CT molecular complexity index is 888. The Morgan fingerprint density at radius 3 is 2.23 bits per heavy atom. The molecule has 0 aliphatic carbocycles. The van der Waals surface area contributed by atoms with Crippen LogP contribution in [0.2, 0.25) is 0 Å². The number of esters is 1. The molecule has 0 aromatic heterocycles. The van der Waals surface area contributed by atoms with Gasteiger partial charge in [0.25, 0.3) is 11.8 Å². The zero-order chi connectivity index (χ0) is 22.2. The molecular formula is C24H28N2O5. The molecule has 164 valence electrons. The molecule has 0 radical (unpaired) electrons. The number of nitrogens with zero attached hydrogens (tertiary/aromatic N) is 1. The van der Waals surface area contributed by atoms with E-state index in [0.717, 1.165) is 19.3 Å². The fourth-order valence-electron chi connectivity index (χ4n) is 3.75. The predicted molar refractivity (Wildman–Crippen MR) is 117 cm³/mol. The molecule has 2 aromatic carbocycles. The molecule has 0 saturated carbocycles. The van der Waals surface area contributed by atoms with Gasteiger partial charge in [-0.15, -0.1) is 0 Å². The number of amides is 2. The lowest BCUT2D eigenvalue weighted by Gasteiger charge is -2.38. The van der Waals surface area contributed by atoms with Gasteiger partial charge < -0.3 is 19.7 Å². The van der Waals surface area contributed by atoms with E-state index >= 15 is 0 Å². The van der Waals surface area contributed by atoms with E-state index in [2.05, 4.69) is 19.2 Å². The van der Waals surface area contributed by atoms with Crippen LogP contribution in [-0.2, 0) is 14.3 Å². The summed E-state index contributed by atoms with van der Waals surface area (Å²) in [5, 5.41) is 2.65. The fourth-order valence-corrected chi connectivity index (χ4v) is 3.75. The van der Waals surface area contributed by atoms with Crippen molar-refractivity contribution < 1.29 is 23.9 Å². The van der Waals surface area contributed by atoms with Crippen molar-refractivity contribution >= 4 is 23.5 Å². The van der Waals surface area contributed by atoms with E-state index in [1.807, 2.05) is 11.0 Å². The van der Waals surface area contributed by atoms with Crippen molar-refractivity contribution in [2.24, 2.45) is 0 Å². The minimum absolute atomic E-state index is 0.0346. The second-order valence-electron chi connectivity index (χ2n) is 7.73. The summed E-state index contributed by atoms with van der Waals surface area (Å²) in [6.07, 6.45) is 3.16. The maximum absolute atomic E-state index is 12.5. The number of nitrogens with one attached hydrogen (secondary N) is 1. The van der Waals surface area contributed by atoms with Crippen molar-refractivity contribution in [1.82, 2.24) is 4.90 Å². The van der Waals surface area contributed by atoms with Crippen LogP contribution in [0.4, 0.5) is 5.69 Å². The molecule has 0 unspecified atom stereocenters. The molecule has 0 bridgehead atoms. The maximum Gasteiger partial charge on any atom is 0.338 e. The topological polar surface area (TPSA) is 84.9 Å². The maximum atomic E-state index is 12.5. The van der Waals surface area contributed by atoms with Gasteiger partial charge in [-0.3, -0.25) is 9.59 Å². The summed E-state index contributed by atoms with van der Waals surface area (Å²) in [4.78, 5) is 38.5. The standard InChI is InChI=1S/C24H28N2O5/c1-17-7-6-8-18(2)26(17)23(28)16-30-21-13-11-19(12-14-21)24(29)31-15-22(27)25-20-9-4-3-5-10-20/h3-5,9-14,17-18H,6-8,15-16H2,1-2H3,(H,25,27)/t17-,18-/m0/s1. The van der Waals surface area contributed by atoms with Crippen molar-refractivity contribution in [3.05, 3.63) is 60.2 Å². The number of carbonyl (C=O) groups is 3. The zero-order valence-corrected chi connectivity index (χ0v) is 17.9. The van der Waals surface area contributed by atoms with Crippen LogP contribution in [0.25, 0.3) is 0 Å². The summed E-state index contributed by atoms with van der Waals surface area (Å²) in [5.41, 5.74) is 0.928. The van der Waals surface area contributed by atoms with Crippen LogP contribution in [-0.4, -0.2) is 48.0 Å². The van der Waals surface area contributed by atoms with Crippen LogP contribution in [0.3, 0.4) is 0 Å². The Kier molecular flexibility index (Phi) is 7.65. The van der Waals surface area contributed by atoms with Crippen molar-refractivity contribution in [1.29, 1.82) is 0 Å². The molecule has 1 heterocycles. The Labute approximate surface area is 182 Å². The van der Waals surface area contributed by atoms with Crippen molar-refractivity contribution in [2.75, 3.05) is 18.5 Å². The van der Waals surface area contributed by atoms with Gasteiger partial charge in [0, 0.05) is 17.8 Å². The van der Waals surface area contributed by atoms with Crippen molar-refractivity contribution in [3.63, 3.8) is 0 Å². The van der Waals surface area contributed by atoms with Crippen LogP contribution in [0, 0.1) is 0 Å². The molecule has 3 rings (SSSR count). The number of anilines is 1. The Morgan fingerprint density at radius 2 is 1.58 bits per heavy atom. The zero-order valence-electron chi connectivity index (χ0n) is 17.9. The highest BCUT2D eigenvalue weighted by molar-refractivity contribution is 5.95. The molecule has 2 atom stereocenters. The van der Waals surface area contributed by atoms with Gasteiger partial charge in [-0.05, 0) is 69.5 Å². The lowest BCUT2D eigenvalue weighted by atomic mass is 9.97. The smallest absolute Gasteiger partial charge is 0.338 e. The summed E-state index contributed by atoms with van der Waals surface area (Å²) in [5.74, 6) is -0.572. The van der Waals surface area contributed by atoms with Crippen LogP contribution in [0.15, 0.2) is 54.6 Å². The fraction of sp³-hybridized carbons (Fsp3) is 0.375. The first-order chi connectivity index (χ1) is 14.9. The molecule has 2 amide bonds. The van der Waals surface area contributed by atoms with E-state index in [1.54, 1.807) is 48.5 Å². The van der Waals surface area contributed by atoms with Gasteiger partial charge in [-0.25, -0.2) is 4.79 Å². The average molecular weight is 424 g/mol. The molecule has 1 fully saturated rings. The predicted octanol–water partition coefficient (Wildman–Crippen LogP) is 3.65. The van der Waals surface area contributed by atoms with Crippen molar-refractivity contribution in [2.45, 2.75) is 45.2 Å². The molecule has 7 nitrogen and oxygen atoms in total. The average Bonchev–Trinajstić information content (AvgIpc) is 2.77. The molecule has 1 aliphatic heterocycles. The Morgan fingerprint density at radius 1 is 0.935 bits per heavy atom. The lowest BCUT2D eigenvalue weighted by Crippen LogP contribution is -2.49.